The molecule has 0 saturated carbocycles. The molecule has 0 spiro atoms. The highest BCUT2D eigenvalue weighted by atomic mass is 79.9. The molecule has 1 saturated heterocycles. The summed E-state index contributed by atoms with van der Waals surface area (Å²) >= 11 is 3.22. The largest absolute Gasteiger partial charge is 0.342 e. The lowest BCUT2D eigenvalue weighted by atomic mass is 10.4. The molecule has 7 heteroatoms. The van der Waals surface area contributed by atoms with Gasteiger partial charge in [-0.15, -0.1) is 0 Å². The molecule has 104 valence electrons. The number of halogens is 1. The zero-order valence-electron chi connectivity index (χ0n) is 10.3. The van der Waals surface area contributed by atoms with E-state index in [9.17, 15) is 13.2 Å². The van der Waals surface area contributed by atoms with Crippen molar-refractivity contribution in [1.29, 1.82) is 0 Å². The lowest BCUT2D eigenvalue weighted by Gasteiger charge is -2.15. The van der Waals surface area contributed by atoms with E-state index in [1.54, 1.807) is 17.0 Å². The highest BCUT2D eigenvalue weighted by Crippen LogP contribution is 2.15. The SMILES string of the molecule is O=C(CNS(=O)(=O)c1cccc(Br)c1)N1CCCC1. The van der Waals surface area contributed by atoms with Gasteiger partial charge in [-0.05, 0) is 31.0 Å². The van der Waals surface area contributed by atoms with E-state index in [1.807, 2.05) is 0 Å². The van der Waals surface area contributed by atoms with Crippen molar-refractivity contribution < 1.29 is 13.2 Å². The second-order valence-electron chi connectivity index (χ2n) is 4.37. The van der Waals surface area contributed by atoms with E-state index >= 15 is 0 Å². The molecular weight excluding hydrogens is 332 g/mol. The summed E-state index contributed by atoms with van der Waals surface area (Å²) in [5.74, 6) is -0.170. The van der Waals surface area contributed by atoms with Gasteiger partial charge in [-0.3, -0.25) is 4.79 Å². The number of likely N-dealkylation sites (tertiary alicyclic amines) is 1. The van der Waals surface area contributed by atoms with Crippen LogP contribution in [-0.2, 0) is 14.8 Å². The monoisotopic (exact) mass is 346 g/mol. The molecule has 1 aromatic rings. The fourth-order valence-corrected chi connectivity index (χ4v) is 3.52. The third kappa shape index (κ3) is 3.77. The van der Waals surface area contributed by atoms with Gasteiger partial charge in [-0.25, -0.2) is 13.1 Å². The fraction of sp³-hybridized carbons (Fsp3) is 0.417. The van der Waals surface area contributed by atoms with Crippen molar-refractivity contribution >= 4 is 31.9 Å². The minimum Gasteiger partial charge on any atom is -0.342 e. The van der Waals surface area contributed by atoms with Crippen LogP contribution in [0.2, 0.25) is 0 Å². The van der Waals surface area contributed by atoms with E-state index in [0.29, 0.717) is 4.47 Å². The molecule has 1 aliphatic heterocycles. The smallest absolute Gasteiger partial charge is 0.241 e. The molecule has 1 aliphatic rings. The Hall–Kier alpha value is -0.920. The van der Waals surface area contributed by atoms with Gasteiger partial charge in [0.25, 0.3) is 0 Å². The standard InChI is InChI=1S/C12H15BrN2O3S/c13-10-4-3-5-11(8-10)19(17,18)14-9-12(16)15-6-1-2-7-15/h3-5,8,14H,1-2,6-7,9H2. The number of nitrogens with zero attached hydrogens (tertiary/aromatic N) is 1. The third-order valence-electron chi connectivity index (χ3n) is 2.98. The molecule has 0 unspecified atom stereocenters. The Balaban J connectivity index is 1.99. The maximum Gasteiger partial charge on any atom is 0.241 e. The number of carbonyl (C=O) groups excluding carboxylic acids is 1. The molecule has 1 aromatic carbocycles. The molecule has 1 fully saturated rings. The normalized spacial score (nSPS) is 15.7. The van der Waals surface area contributed by atoms with E-state index in [4.69, 9.17) is 0 Å². The second-order valence-corrected chi connectivity index (χ2v) is 7.05. The number of sulfonamides is 1. The third-order valence-corrected chi connectivity index (χ3v) is 4.87. The van der Waals surface area contributed by atoms with E-state index in [-0.39, 0.29) is 17.3 Å². The topological polar surface area (TPSA) is 66.5 Å². The molecule has 0 aliphatic carbocycles. The highest BCUT2D eigenvalue weighted by molar-refractivity contribution is 9.10. The van der Waals surface area contributed by atoms with Crippen LogP contribution in [0.15, 0.2) is 33.6 Å². The number of rotatable bonds is 4. The number of hydrogen-bond acceptors (Lipinski definition) is 3. The van der Waals surface area contributed by atoms with Crippen molar-refractivity contribution in [3.63, 3.8) is 0 Å². The molecule has 0 atom stereocenters. The predicted molar refractivity (Wildman–Crippen MR) is 75.1 cm³/mol. The Morgan fingerprint density at radius 2 is 2.00 bits per heavy atom. The number of nitrogens with one attached hydrogen (secondary N) is 1. The van der Waals surface area contributed by atoms with Crippen LogP contribution in [0.3, 0.4) is 0 Å². The van der Waals surface area contributed by atoms with Gasteiger partial charge in [-0.1, -0.05) is 22.0 Å². The molecule has 2 rings (SSSR count). The summed E-state index contributed by atoms with van der Waals surface area (Å²) in [5, 5.41) is 0. The first-order valence-corrected chi connectivity index (χ1v) is 8.30. The van der Waals surface area contributed by atoms with Crippen LogP contribution in [-0.4, -0.2) is 38.9 Å². The molecule has 5 nitrogen and oxygen atoms in total. The minimum atomic E-state index is -3.63. The van der Waals surface area contributed by atoms with Crippen molar-refractivity contribution in [2.75, 3.05) is 19.6 Å². The van der Waals surface area contributed by atoms with Crippen LogP contribution >= 0.6 is 15.9 Å². The quantitative estimate of drug-likeness (QED) is 0.894. The first kappa shape index (κ1) is 14.5. The lowest BCUT2D eigenvalue weighted by molar-refractivity contribution is -0.128. The van der Waals surface area contributed by atoms with E-state index in [1.165, 1.54) is 12.1 Å². The number of carbonyl (C=O) groups is 1. The summed E-state index contributed by atoms with van der Waals surface area (Å²) < 4.78 is 27.0. The molecule has 0 aromatic heterocycles. The van der Waals surface area contributed by atoms with E-state index in [2.05, 4.69) is 20.7 Å². The highest BCUT2D eigenvalue weighted by Gasteiger charge is 2.21. The van der Waals surface area contributed by atoms with E-state index in [0.717, 1.165) is 25.9 Å². The van der Waals surface area contributed by atoms with Gasteiger partial charge in [0.05, 0.1) is 11.4 Å². The van der Waals surface area contributed by atoms with Gasteiger partial charge in [0.1, 0.15) is 0 Å². The van der Waals surface area contributed by atoms with E-state index < -0.39 is 10.0 Å². The summed E-state index contributed by atoms with van der Waals surface area (Å²) in [6.45, 7) is 1.25. The zero-order chi connectivity index (χ0) is 13.9. The first-order chi connectivity index (χ1) is 8.99. The maximum absolute atomic E-state index is 12.0. The average molecular weight is 347 g/mol. The maximum atomic E-state index is 12.0. The van der Waals surface area contributed by atoms with Crippen molar-refractivity contribution in [3.05, 3.63) is 28.7 Å². The van der Waals surface area contributed by atoms with Gasteiger partial charge in [0, 0.05) is 17.6 Å². The first-order valence-electron chi connectivity index (χ1n) is 6.02. The van der Waals surface area contributed by atoms with Crippen LogP contribution in [0.1, 0.15) is 12.8 Å². The van der Waals surface area contributed by atoms with Crippen LogP contribution in [0, 0.1) is 0 Å². The second kappa shape index (κ2) is 6.02. The van der Waals surface area contributed by atoms with Gasteiger partial charge in [0.15, 0.2) is 0 Å². The van der Waals surface area contributed by atoms with Crippen LogP contribution in [0.25, 0.3) is 0 Å². The molecule has 19 heavy (non-hydrogen) atoms. The summed E-state index contributed by atoms with van der Waals surface area (Å²) in [6, 6.07) is 6.38. The Bertz CT molecular complexity index is 568. The molecular formula is C12H15BrN2O3S. The minimum absolute atomic E-state index is 0.149. The molecule has 1 heterocycles. The van der Waals surface area contributed by atoms with Gasteiger partial charge in [-0.2, -0.15) is 0 Å². The molecule has 1 amide bonds. The Morgan fingerprint density at radius 1 is 1.32 bits per heavy atom. The Labute approximate surface area is 121 Å². The number of amides is 1. The Kier molecular flexibility index (Phi) is 4.59. The summed E-state index contributed by atoms with van der Waals surface area (Å²) in [7, 11) is -3.63. The van der Waals surface area contributed by atoms with Crippen LogP contribution in [0.5, 0.6) is 0 Å². The van der Waals surface area contributed by atoms with Crippen molar-refractivity contribution in [3.8, 4) is 0 Å². The van der Waals surface area contributed by atoms with Gasteiger partial charge in [0.2, 0.25) is 15.9 Å². The van der Waals surface area contributed by atoms with Crippen molar-refractivity contribution in [2.24, 2.45) is 0 Å². The van der Waals surface area contributed by atoms with Gasteiger partial charge < -0.3 is 4.90 Å². The fourth-order valence-electron chi connectivity index (χ4n) is 1.95. The molecule has 1 N–H and O–H groups in total. The zero-order valence-corrected chi connectivity index (χ0v) is 12.7. The van der Waals surface area contributed by atoms with Crippen molar-refractivity contribution in [2.45, 2.75) is 17.7 Å². The number of benzene rings is 1. The van der Waals surface area contributed by atoms with Crippen LogP contribution in [0.4, 0.5) is 0 Å². The molecule has 0 bridgehead atoms. The predicted octanol–water partition coefficient (Wildman–Crippen LogP) is 1.35. The number of hydrogen-bond donors (Lipinski definition) is 1. The Morgan fingerprint density at radius 3 is 2.63 bits per heavy atom. The summed E-state index contributed by atoms with van der Waals surface area (Å²) in [6.07, 6.45) is 1.98. The molecule has 0 radical (unpaired) electrons. The average Bonchev–Trinajstić information content (AvgIpc) is 2.90. The summed E-state index contributed by atoms with van der Waals surface area (Å²) in [5.41, 5.74) is 0. The van der Waals surface area contributed by atoms with Crippen molar-refractivity contribution in [1.82, 2.24) is 9.62 Å². The lowest BCUT2D eigenvalue weighted by Crippen LogP contribution is -2.38. The van der Waals surface area contributed by atoms with Gasteiger partial charge >= 0.3 is 0 Å². The summed E-state index contributed by atoms with van der Waals surface area (Å²) in [4.78, 5) is 13.6. The van der Waals surface area contributed by atoms with Crippen LogP contribution < -0.4 is 4.72 Å².